The van der Waals surface area contributed by atoms with E-state index in [1.54, 1.807) is 55.6 Å². The van der Waals surface area contributed by atoms with Gasteiger partial charge in [-0.25, -0.2) is 4.98 Å². The van der Waals surface area contributed by atoms with E-state index in [0.717, 1.165) is 5.01 Å². The second-order valence-corrected chi connectivity index (χ2v) is 7.24. The molecule has 0 aliphatic carbocycles. The maximum Gasteiger partial charge on any atom is 0.251 e. The Kier molecular flexibility index (Phi) is 6.62. The smallest absolute Gasteiger partial charge is 0.251 e. The second kappa shape index (κ2) is 9.34. The summed E-state index contributed by atoms with van der Waals surface area (Å²) in [5, 5.41) is 8.63. The van der Waals surface area contributed by atoms with Crippen LogP contribution in [0.4, 0.5) is 5.69 Å². The molecule has 144 valence electrons. The summed E-state index contributed by atoms with van der Waals surface area (Å²) < 4.78 is 5.66. The number of carbonyl (C=O) groups excluding carboxylic acids is 2. The predicted molar refractivity (Wildman–Crippen MR) is 110 cm³/mol. The van der Waals surface area contributed by atoms with Gasteiger partial charge in [-0.2, -0.15) is 0 Å². The molecule has 3 aromatic rings. The lowest BCUT2D eigenvalue weighted by Gasteiger charge is -2.05. The van der Waals surface area contributed by atoms with Crippen LogP contribution < -0.4 is 15.4 Å². The standard InChI is InChI=1S/C20H18ClN3O3S/c1-22-20(26)13-2-6-15(7-3-13)23-18(25)10-16-12-28-19(24-16)11-27-17-8-4-14(21)5-9-17/h2-9,12H,10-11H2,1H3,(H,22,26)(H,23,25). The summed E-state index contributed by atoms with van der Waals surface area (Å²) in [4.78, 5) is 28.2. The average Bonchev–Trinajstić information content (AvgIpc) is 3.14. The Morgan fingerprint density at radius 1 is 1.11 bits per heavy atom. The predicted octanol–water partition coefficient (Wildman–Crippen LogP) is 3.92. The Bertz CT molecular complexity index is 956. The number of nitrogens with zero attached hydrogens (tertiary/aromatic N) is 1. The maximum absolute atomic E-state index is 12.2. The van der Waals surface area contributed by atoms with E-state index in [-0.39, 0.29) is 18.2 Å². The number of thiazole rings is 1. The van der Waals surface area contributed by atoms with E-state index < -0.39 is 0 Å². The molecule has 0 unspecified atom stereocenters. The zero-order valence-corrected chi connectivity index (χ0v) is 16.6. The molecule has 0 saturated carbocycles. The second-order valence-electron chi connectivity index (χ2n) is 5.86. The monoisotopic (exact) mass is 415 g/mol. The first-order valence-electron chi connectivity index (χ1n) is 8.47. The van der Waals surface area contributed by atoms with Crippen LogP contribution in [0.2, 0.25) is 5.02 Å². The highest BCUT2D eigenvalue weighted by atomic mass is 35.5. The molecule has 0 fully saturated rings. The van der Waals surface area contributed by atoms with Crippen molar-refractivity contribution in [2.75, 3.05) is 12.4 Å². The van der Waals surface area contributed by atoms with Crippen LogP contribution in [0.25, 0.3) is 0 Å². The molecular weight excluding hydrogens is 398 g/mol. The van der Waals surface area contributed by atoms with Gasteiger partial charge >= 0.3 is 0 Å². The van der Waals surface area contributed by atoms with Crippen molar-refractivity contribution in [1.82, 2.24) is 10.3 Å². The van der Waals surface area contributed by atoms with Gasteiger partial charge in [-0.05, 0) is 48.5 Å². The Morgan fingerprint density at radius 2 is 1.82 bits per heavy atom. The van der Waals surface area contributed by atoms with Crippen molar-refractivity contribution in [2.45, 2.75) is 13.0 Å². The van der Waals surface area contributed by atoms with Gasteiger partial charge in [0.1, 0.15) is 17.4 Å². The summed E-state index contributed by atoms with van der Waals surface area (Å²) in [5.41, 5.74) is 1.84. The van der Waals surface area contributed by atoms with Crippen molar-refractivity contribution in [3.05, 3.63) is 75.2 Å². The summed E-state index contributed by atoms with van der Waals surface area (Å²) in [6.07, 6.45) is 0.161. The highest BCUT2D eigenvalue weighted by Crippen LogP contribution is 2.18. The van der Waals surface area contributed by atoms with Gasteiger partial charge in [0.05, 0.1) is 12.1 Å². The van der Waals surface area contributed by atoms with Crippen molar-refractivity contribution >= 4 is 40.4 Å². The first-order chi connectivity index (χ1) is 13.5. The molecule has 1 aromatic heterocycles. The highest BCUT2D eigenvalue weighted by Gasteiger charge is 2.10. The molecule has 2 amide bonds. The molecule has 3 rings (SSSR count). The number of carbonyl (C=O) groups is 2. The minimum atomic E-state index is -0.178. The molecule has 0 bridgehead atoms. The van der Waals surface area contributed by atoms with Gasteiger partial charge < -0.3 is 15.4 Å². The van der Waals surface area contributed by atoms with Crippen LogP contribution in [0.1, 0.15) is 21.1 Å². The summed E-state index contributed by atoms with van der Waals surface area (Å²) in [5.74, 6) is 0.357. The van der Waals surface area contributed by atoms with Gasteiger partial charge in [0.15, 0.2) is 0 Å². The Balaban J connectivity index is 1.50. The van der Waals surface area contributed by atoms with Crippen LogP contribution in [0.5, 0.6) is 5.75 Å². The van der Waals surface area contributed by atoms with Gasteiger partial charge in [-0.3, -0.25) is 9.59 Å². The SMILES string of the molecule is CNC(=O)c1ccc(NC(=O)Cc2csc(COc3ccc(Cl)cc3)n2)cc1. The molecular formula is C20H18ClN3O3S. The van der Waals surface area contributed by atoms with Crippen molar-refractivity contribution < 1.29 is 14.3 Å². The molecule has 2 N–H and O–H groups in total. The summed E-state index contributed by atoms with van der Waals surface area (Å²) in [7, 11) is 1.57. The third kappa shape index (κ3) is 5.55. The fourth-order valence-electron chi connectivity index (χ4n) is 2.39. The first-order valence-corrected chi connectivity index (χ1v) is 9.73. The normalized spacial score (nSPS) is 10.4. The lowest BCUT2D eigenvalue weighted by atomic mass is 10.2. The molecule has 1 heterocycles. The third-order valence-corrected chi connectivity index (χ3v) is 4.90. The zero-order valence-electron chi connectivity index (χ0n) is 15.1. The summed E-state index contributed by atoms with van der Waals surface area (Å²) in [6.45, 7) is 0.328. The maximum atomic E-state index is 12.2. The molecule has 0 aliphatic heterocycles. The quantitative estimate of drug-likeness (QED) is 0.613. The van der Waals surface area contributed by atoms with E-state index in [2.05, 4.69) is 15.6 Å². The molecule has 2 aromatic carbocycles. The number of rotatable bonds is 7. The van der Waals surface area contributed by atoms with Crippen LogP contribution in [-0.2, 0) is 17.8 Å². The van der Waals surface area contributed by atoms with E-state index in [1.807, 2.05) is 5.38 Å². The molecule has 6 nitrogen and oxygen atoms in total. The van der Waals surface area contributed by atoms with Crippen LogP contribution in [0.15, 0.2) is 53.9 Å². The molecule has 8 heteroatoms. The van der Waals surface area contributed by atoms with E-state index in [1.165, 1.54) is 11.3 Å². The number of amides is 2. The van der Waals surface area contributed by atoms with Crippen LogP contribution in [-0.4, -0.2) is 23.8 Å². The number of anilines is 1. The molecule has 0 aliphatic rings. The van der Waals surface area contributed by atoms with Crippen molar-refractivity contribution in [2.24, 2.45) is 0 Å². The highest BCUT2D eigenvalue weighted by molar-refractivity contribution is 7.09. The number of hydrogen-bond acceptors (Lipinski definition) is 5. The van der Waals surface area contributed by atoms with Gasteiger partial charge in [0.25, 0.3) is 5.91 Å². The molecule has 0 spiro atoms. The lowest BCUT2D eigenvalue weighted by Crippen LogP contribution is -2.18. The van der Waals surface area contributed by atoms with Crippen LogP contribution in [0, 0.1) is 0 Å². The number of aromatic nitrogens is 1. The molecule has 0 radical (unpaired) electrons. The Hall–Kier alpha value is -2.90. The first kappa shape index (κ1) is 19.9. The number of nitrogens with one attached hydrogen (secondary N) is 2. The third-order valence-electron chi connectivity index (χ3n) is 3.77. The summed E-state index contributed by atoms with van der Waals surface area (Å²) >= 11 is 7.29. The summed E-state index contributed by atoms with van der Waals surface area (Å²) in [6, 6.07) is 13.8. The molecule has 0 atom stereocenters. The van der Waals surface area contributed by atoms with Gasteiger partial charge in [0, 0.05) is 28.7 Å². The van der Waals surface area contributed by atoms with E-state index in [4.69, 9.17) is 16.3 Å². The fourth-order valence-corrected chi connectivity index (χ4v) is 3.22. The number of ether oxygens (including phenoxy) is 1. The Labute approximate surface area is 171 Å². The average molecular weight is 416 g/mol. The Morgan fingerprint density at radius 3 is 2.50 bits per heavy atom. The fraction of sp³-hybridized carbons (Fsp3) is 0.150. The van der Waals surface area contributed by atoms with E-state index in [9.17, 15) is 9.59 Å². The van der Waals surface area contributed by atoms with Gasteiger partial charge in [-0.1, -0.05) is 11.6 Å². The number of benzene rings is 2. The van der Waals surface area contributed by atoms with Gasteiger partial charge in [-0.15, -0.1) is 11.3 Å². The number of halogens is 1. The van der Waals surface area contributed by atoms with Gasteiger partial charge in [0.2, 0.25) is 5.91 Å². The van der Waals surface area contributed by atoms with Crippen molar-refractivity contribution in [3.63, 3.8) is 0 Å². The van der Waals surface area contributed by atoms with Crippen molar-refractivity contribution in [1.29, 1.82) is 0 Å². The minimum Gasteiger partial charge on any atom is -0.486 e. The van der Waals surface area contributed by atoms with Crippen molar-refractivity contribution in [3.8, 4) is 5.75 Å². The lowest BCUT2D eigenvalue weighted by molar-refractivity contribution is -0.115. The van der Waals surface area contributed by atoms with E-state index >= 15 is 0 Å². The van der Waals surface area contributed by atoms with Crippen LogP contribution >= 0.6 is 22.9 Å². The minimum absolute atomic E-state index is 0.161. The largest absolute Gasteiger partial charge is 0.486 e. The topological polar surface area (TPSA) is 80.3 Å². The number of hydrogen-bond donors (Lipinski definition) is 2. The molecule has 28 heavy (non-hydrogen) atoms. The molecule has 0 saturated heterocycles. The van der Waals surface area contributed by atoms with E-state index in [0.29, 0.717) is 34.3 Å². The van der Waals surface area contributed by atoms with Crippen LogP contribution in [0.3, 0.4) is 0 Å². The zero-order chi connectivity index (χ0) is 19.9.